The molecule has 23 heavy (non-hydrogen) atoms. The molecule has 3 N–H and O–H groups in total. The standard InChI is InChI=1S/C17H19N3O2S/c1-3-14(20-8-7-11(2)9-15(20)21)17(22)19-13-6-4-5-12(10-13)16(18)23/h4-10,14H,3H2,1-2H3,(H2,18,23)(H,19,22). The highest BCUT2D eigenvalue weighted by Crippen LogP contribution is 2.15. The minimum absolute atomic E-state index is 0.191. The van der Waals surface area contributed by atoms with Crippen LogP contribution in [0.25, 0.3) is 0 Å². The molecule has 0 bridgehead atoms. The van der Waals surface area contributed by atoms with Crippen molar-refractivity contribution in [3.05, 3.63) is 64.1 Å². The van der Waals surface area contributed by atoms with E-state index in [1.54, 1.807) is 30.5 Å². The Balaban J connectivity index is 2.25. The molecule has 1 heterocycles. The van der Waals surface area contributed by atoms with E-state index in [9.17, 15) is 9.59 Å². The third kappa shape index (κ3) is 4.04. The normalized spacial score (nSPS) is 11.7. The van der Waals surface area contributed by atoms with Gasteiger partial charge in [0.05, 0.1) is 0 Å². The summed E-state index contributed by atoms with van der Waals surface area (Å²) in [5, 5.41) is 2.81. The molecule has 1 aromatic carbocycles. The van der Waals surface area contributed by atoms with Crippen molar-refractivity contribution in [2.75, 3.05) is 5.32 Å². The van der Waals surface area contributed by atoms with Crippen LogP contribution in [0.2, 0.25) is 0 Å². The number of hydrogen-bond acceptors (Lipinski definition) is 3. The van der Waals surface area contributed by atoms with E-state index >= 15 is 0 Å². The number of aryl methyl sites for hydroxylation is 1. The number of hydrogen-bond donors (Lipinski definition) is 2. The van der Waals surface area contributed by atoms with Crippen LogP contribution < -0.4 is 16.6 Å². The minimum Gasteiger partial charge on any atom is -0.389 e. The molecule has 1 atom stereocenters. The lowest BCUT2D eigenvalue weighted by Crippen LogP contribution is -2.32. The highest BCUT2D eigenvalue weighted by atomic mass is 32.1. The van der Waals surface area contributed by atoms with Gasteiger partial charge in [-0.2, -0.15) is 0 Å². The first-order valence-corrected chi connectivity index (χ1v) is 7.72. The van der Waals surface area contributed by atoms with Gasteiger partial charge in [-0.15, -0.1) is 0 Å². The maximum atomic E-state index is 12.5. The largest absolute Gasteiger partial charge is 0.389 e. The Morgan fingerprint density at radius 1 is 1.35 bits per heavy atom. The molecule has 6 heteroatoms. The molecular weight excluding hydrogens is 310 g/mol. The van der Waals surface area contributed by atoms with E-state index in [0.29, 0.717) is 17.7 Å². The van der Waals surface area contributed by atoms with Crippen LogP contribution in [-0.4, -0.2) is 15.5 Å². The molecule has 0 saturated carbocycles. The van der Waals surface area contributed by atoms with Crippen molar-refractivity contribution in [1.29, 1.82) is 0 Å². The van der Waals surface area contributed by atoms with Crippen molar-refractivity contribution < 1.29 is 4.79 Å². The Hall–Kier alpha value is -2.47. The second-order valence-corrected chi connectivity index (χ2v) is 5.75. The lowest BCUT2D eigenvalue weighted by atomic mass is 10.1. The molecule has 0 aliphatic rings. The molecule has 0 radical (unpaired) electrons. The van der Waals surface area contributed by atoms with Gasteiger partial charge in [-0.25, -0.2) is 0 Å². The molecule has 0 saturated heterocycles. The molecule has 120 valence electrons. The Morgan fingerprint density at radius 3 is 2.70 bits per heavy atom. The highest BCUT2D eigenvalue weighted by molar-refractivity contribution is 7.80. The molecule has 2 aromatic rings. The molecule has 2 rings (SSSR count). The van der Waals surface area contributed by atoms with E-state index in [0.717, 1.165) is 5.56 Å². The average Bonchev–Trinajstić information content (AvgIpc) is 2.50. The average molecular weight is 329 g/mol. The Kier molecular flexibility index (Phi) is 5.28. The van der Waals surface area contributed by atoms with E-state index in [1.165, 1.54) is 10.6 Å². The number of pyridine rings is 1. The monoisotopic (exact) mass is 329 g/mol. The van der Waals surface area contributed by atoms with E-state index < -0.39 is 6.04 Å². The molecule has 0 fully saturated rings. The third-order valence-electron chi connectivity index (χ3n) is 3.54. The molecule has 1 aromatic heterocycles. The number of carbonyl (C=O) groups excluding carboxylic acids is 1. The molecule has 0 spiro atoms. The Bertz CT molecular complexity index is 798. The summed E-state index contributed by atoms with van der Waals surface area (Å²) < 4.78 is 1.44. The summed E-state index contributed by atoms with van der Waals surface area (Å²) >= 11 is 4.94. The molecular formula is C17H19N3O2S. The lowest BCUT2D eigenvalue weighted by Gasteiger charge is -2.18. The lowest BCUT2D eigenvalue weighted by molar-refractivity contribution is -0.119. The van der Waals surface area contributed by atoms with Crippen molar-refractivity contribution in [3.63, 3.8) is 0 Å². The predicted molar refractivity (Wildman–Crippen MR) is 95.7 cm³/mol. The fourth-order valence-corrected chi connectivity index (χ4v) is 2.46. The maximum absolute atomic E-state index is 12.5. The predicted octanol–water partition coefficient (Wildman–Crippen LogP) is 2.38. The van der Waals surface area contributed by atoms with Crippen LogP contribution in [0.3, 0.4) is 0 Å². The van der Waals surface area contributed by atoms with E-state index in [-0.39, 0.29) is 16.5 Å². The molecule has 1 amide bonds. The number of carbonyl (C=O) groups is 1. The number of benzene rings is 1. The van der Waals surface area contributed by atoms with Crippen LogP contribution in [-0.2, 0) is 4.79 Å². The third-order valence-corrected chi connectivity index (χ3v) is 3.78. The number of rotatable bonds is 5. The smallest absolute Gasteiger partial charge is 0.251 e. The first-order chi connectivity index (χ1) is 10.9. The number of nitrogens with one attached hydrogen (secondary N) is 1. The second-order valence-electron chi connectivity index (χ2n) is 5.31. The summed E-state index contributed by atoms with van der Waals surface area (Å²) in [4.78, 5) is 24.9. The van der Waals surface area contributed by atoms with Crippen molar-refractivity contribution in [2.24, 2.45) is 5.73 Å². The summed E-state index contributed by atoms with van der Waals surface area (Å²) in [6.07, 6.45) is 2.15. The van der Waals surface area contributed by atoms with Gasteiger partial charge in [0.1, 0.15) is 11.0 Å². The summed E-state index contributed by atoms with van der Waals surface area (Å²) in [5.74, 6) is -0.251. The van der Waals surface area contributed by atoms with Crippen molar-refractivity contribution in [1.82, 2.24) is 4.57 Å². The van der Waals surface area contributed by atoms with Crippen molar-refractivity contribution in [2.45, 2.75) is 26.3 Å². The summed E-state index contributed by atoms with van der Waals surface area (Å²) in [6, 6.07) is 9.77. The number of amides is 1. The highest BCUT2D eigenvalue weighted by Gasteiger charge is 2.19. The van der Waals surface area contributed by atoms with Gasteiger partial charge in [0.15, 0.2) is 0 Å². The van der Waals surface area contributed by atoms with Crippen LogP contribution in [0.15, 0.2) is 47.4 Å². The Labute approximate surface area is 140 Å². The van der Waals surface area contributed by atoms with Crippen LogP contribution in [0.5, 0.6) is 0 Å². The van der Waals surface area contributed by atoms with Gasteiger partial charge in [-0.1, -0.05) is 31.3 Å². The van der Waals surface area contributed by atoms with Crippen molar-refractivity contribution >= 4 is 28.8 Å². The van der Waals surface area contributed by atoms with Gasteiger partial charge in [0.25, 0.3) is 5.56 Å². The number of anilines is 1. The van der Waals surface area contributed by atoms with Gasteiger partial charge < -0.3 is 15.6 Å². The number of nitrogens with zero attached hydrogens (tertiary/aromatic N) is 1. The zero-order valence-electron chi connectivity index (χ0n) is 13.1. The van der Waals surface area contributed by atoms with Gasteiger partial charge in [-0.3, -0.25) is 9.59 Å². The van der Waals surface area contributed by atoms with Crippen LogP contribution in [0.4, 0.5) is 5.69 Å². The summed E-state index contributed by atoms with van der Waals surface area (Å²) in [6.45, 7) is 3.70. The first kappa shape index (κ1) is 16.9. The molecule has 0 aliphatic heterocycles. The van der Waals surface area contributed by atoms with E-state index in [2.05, 4.69) is 5.32 Å². The first-order valence-electron chi connectivity index (χ1n) is 7.32. The van der Waals surface area contributed by atoms with Gasteiger partial charge in [0, 0.05) is 23.5 Å². The van der Waals surface area contributed by atoms with E-state index in [1.807, 2.05) is 19.9 Å². The fourth-order valence-electron chi connectivity index (χ4n) is 2.33. The van der Waals surface area contributed by atoms with Crippen molar-refractivity contribution in [3.8, 4) is 0 Å². The zero-order chi connectivity index (χ0) is 17.0. The molecule has 1 unspecified atom stereocenters. The summed E-state index contributed by atoms with van der Waals surface area (Å²) in [5.41, 5.74) is 7.55. The van der Waals surface area contributed by atoms with E-state index in [4.69, 9.17) is 18.0 Å². The summed E-state index contributed by atoms with van der Waals surface area (Å²) in [7, 11) is 0. The molecule has 5 nitrogen and oxygen atoms in total. The van der Waals surface area contributed by atoms with Gasteiger partial charge in [0.2, 0.25) is 5.91 Å². The number of aromatic nitrogens is 1. The van der Waals surface area contributed by atoms with Crippen LogP contribution >= 0.6 is 12.2 Å². The SMILES string of the molecule is CCC(C(=O)Nc1cccc(C(N)=S)c1)n1ccc(C)cc1=O. The quantitative estimate of drug-likeness (QED) is 0.826. The number of nitrogens with two attached hydrogens (primary N) is 1. The van der Waals surface area contributed by atoms with Gasteiger partial charge in [-0.05, 0) is 37.1 Å². The number of thiocarbonyl (C=S) groups is 1. The Morgan fingerprint density at radius 2 is 2.09 bits per heavy atom. The van der Waals surface area contributed by atoms with Crippen LogP contribution in [0.1, 0.15) is 30.5 Å². The van der Waals surface area contributed by atoms with Crippen LogP contribution in [0, 0.1) is 6.92 Å². The molecule has 0 aliphatic carbocycles. The minimum atomic E-state index is -0.573. The topological polar surface area (TPSA) is 77.1 Å². The van der Waals surface area contributed by atoms with Gasteiger partial charge >= 0.3 is 0 Å². The second kappa shape index (κ2) is 7.19. The maximum Gasteiger partial charge on any atom is 0.251 e. The fraction of sp³-hybridized carbons (Fsp3) is 0.235. The zero-order valence-corrected chi connectivity index (χ0v) is 13.9.